The van der Waals surface area contributed by atoms with Gasteiger partial charge >= 0.3 is 5.97 Å². The maximum absolute atomic E-state index is 12.4. The van der Waals surface area contributed by atoms with Gasteiger partial charge in [0.15, 0.2) is 5.13 Å². The first kappa shape index (κ1) is 17.1. The summed E-state index contributed by atoms with van der Waals surface area (Å²) in [6.45, 7) is 0. The molecule has 3 aromatic rings. The molecule has 122 valence electrons. The van der Waals surface area contributed by atoms with Crippen LogP contribution in [0.15, 0.2) is 36.4 Å². The zero-order valence-electron chi connectivity index (χ0n) is 12.3. The lowest BCUT2D eigenvalue weighted by Crippen LogP contribution is -2.12. The fourth-order valence-corrected chi connectivity index (χ4v) is 3.65. The van der Waals surface area contributed by atoms with E-state index in [2.05, 4.69) is 32.9 Å². The molecule has 0 aliphatic carbocycles. The van der Waals surface area contributed by atoms with Crippen molar-refractivity contribution in [3.63, 3.8) is 0 Å². The van der Waals surface area contributed by atoms with Crippen LogP contribution < -0.4 is 5.32 Å². The van der Waals surface area contributed by atoms with Gasteiger partial charge in [0.25, 0.3) is 5.91 Å². The topological polar surface area (TPSA) is 68.3 Å². The van der Waals surface area contributed by atoms with Crippen LogP contribution in [0.25, 0.3) is 10.2 Å². The molecular weight excluding hydrogens is 463 g/mol. The van der Waals surface area contributed by atoms with Crippen molar-refractivity contribution in [3.8, 4) is 0 Å². The summed E-state index contributed by atoms with van der Waals surface area (Å²) < 4.78 is 6.39. The Morgan fingerprint density at radius 3 is 2.79 bits per heavy atom. The third-order valence-corrected chi connectivity index (χ3v) is 5.14. The number of hydrogen-bond donors (Lipinski definition) is 1. The van der Waals surface area contributed by atoms with Crippen LogP contribution in [0.5, 0.6) is 0 Å². The van der Waals surface area contributed by atoms with E-state index < -0.39 is 5.97 Å². The first-order valence-corrected chi connectivity index (χ1v) is 9.00. The van der Waals surface area contributed by atoms with Crippen molar-refractivity contribution >= 4 is 72.8 Å². The first-order chi connectivity index (χ1) is 11.5. The van der Waals surface area contributed by atoms with Crippen LogP contribution in [0.3, 0.4) is 0 Å². The molecule has 0 spiro atoms. The van der Waals surface area contributed by atoms with E-state index in [4.69, 9.17) is 16.3 Å². The zero-order valence-corrected chi connectivity index (χ0v) is 16.0. The number of nitrogens with zero attached hydrogens (tertiary/aromatic N) is 1. The van der Waals surface area contributed by atoms with Crippen LogP contribution in [0, 0.1) is 3.57 Å². The number of anilines is 1. The first-order valence-electron chi connectivity index (χ1n) is 6.73. The summed E-state index contributed by atoms with van der Waals surface area (Å²) in [4.78, 5) is 28.3. The predicted octanol–water partition coefficient (Wildman–Crippen LogP) is 4.59. The van der Waals surface area contributed by atoms with Crippen LogP contribution in [0.1, 0.15) is 20.7 Å². The van der Waals surface area contributed by atoms with E-state index in [1.54, 1.807) is 30.3 Å². The minimum atomic E-state index is -0.415. The van der Waals surface area contributed by atoms with Crippen LogP contribution in [0.2, 0.25) is 5.02 Å². The Balaban J connectivity index is 1.88. The molecule has 2 aromatic carbocycles. The van der Waals surface area contributed by atoms with E-state index >= 15 is 0 Å². The summed E-state index contributed by atoms with van der Waals surface area (Å²) in [5.74, 6) is -0.743. The number of halogens is 2. The van der Waals surface area contributed by atoms with Gasteiger partial charge in [-0.1, -0.05) is 22.9 Å². The van der Waals surface area contributed by atoms with Gasteiger partial charge in [-0.2, -0.15) is 0 Å². The maximum atomic E-state index is 12.4. The van der Waals surface area contributed by atoms with Gasteiger partial charge in [-0.15, -0.1) is 0 Å². The number of ether oxygens (including phenoxy) is 1. The fourth-order valence-electron chi connectivity index (χ4n) is 2.06. The van der Waals surface area contributed by atoms with Gasteiger partial charge in [0.05, 0.1) is 33.5 Å². The molecule has 24 heavy (non-hydrogen) atoms. The Kier molecular flexibility index (Phi) is 5.02. The summed E-state index contributed by atoms with van der Waals surface area (Å²) in [5, 5.41) is 3.56. The monoisotopic (exact) mass is 472 g/mol. The van der Waals surface area contributed by atoms with Gasteiger partial charge in [-0.05, 0) is 59.0 Å². The summed E-state index contributed by atoms with van der Waals surface area (Å²) >= 11 is 9.47. The summed E-state index contributed by atoms with van der Waals surface area (Å²) in [5.41, 5.74) is 1.52. The van der Waals surface area contributed by atoms with Gasteiger partial charge in [0.2, 0.25) is 0 Å². The highest BCUT2D eigenvalue weighted by molar-refractivity contribution is 14.1. The molecule has 1 aromatic heterocycles. The molecular formula is C16H10ClIN2O3S. The SMILES string of the molecule is COC(=O)c1ccc2nc(NC(=O)c3cc(I)ccc3Cl)sc2c1. The van der Waals surface area contributed by atoms with Crippen LogP contribution in [0.4, 0.5) is 5.13 Å². The Bertz CT molecular complexity index is 958. The smallest absolute Gasteiger partial charge is 0.337 e. The average molecular weight is 473 g/mol. The van der Waals surface area contributed by atoms with E-state index in [1.807, 2.05) is 6.07 Å². The molecule has 0 bridgehead atoms. The molecule has 1 N–H and O–H groups in total. The molecule has 1 heterocycles. The molecule has 0 saturated heterocycles. The van der Waals surface area contributed by atoms with Crippen LogP contribution in [-0.4, -0.2) is 24.0 Å². The summed E-state index contributed by atoms with van der Waals surface area (Å²) in [6, 6.07) is 10.3. The lowest BCUT2D eigenvalue weighted by molar-refractivity contribution is 0.0601. The lowest BCUT2D eigenvalue weighted by atomic mass is 10.2. The van der Waals surface area contributed by atoms with Gasteiger partial charge < -0.3 is 4.74 Å². The van der Waals surface area contributed by atoms with Crippen LogP contribution >= 0.6 is 45.5 Å². The number of benzene rings is 2. The molecule has 0 unspecified atom stereocenters. The standard InChI is InChI=1S/C16H10ClIN2O3S/c1-23-15(22)8-2-5-12-13(6-8)24-16(19-12)20-14(21)10-7-9(18)3-4-11(10)17/h2-7H,1H3,(H,19,20,21). The highest BCUT2D eigenvalue weighted by atomic mass is 127. The molecule has 0 saturated carbocycles. The number of esters is 1. The number of carbonyl (C=O) groups is 2. The van der Waals surface area contributed by atoms with E-state index in [0.29, 0.717) is 26.8 Å². The number of amides is 1. The van der Waals surface area contributed by atoms with Crippen molar-refractivity contribution in [1.29, 1.82) is 0 Å². The number of fused-ring (bicyclic) bond motifs is 1. The molecule has 0 fully saturated rings. The normalized spacial score (nSPS) is 10.6. The minimum Gasteiger partial charge on any atom is -0.465 e. The highest BCUT2D eigenvalue weighted by Gasteiger charge is 2.14. The third-order valence-electron chi connectivity index (χ3n) is 3.20. The molecule has 5 nitrogen and oxygen atoms in total. The van der Waals surface area contributed by atoms with E-state index in [-0.39, 0.29) is 5.91 Å². The number of rotatable bonds is 3. The highest BCUT2D eigenvalue weighted by Crippen LogP contribution is 2.28. The molecule has 3 rings (SSSR count). The average Bonchev–Trinajstić information content (AvgIpc) is 2.97. The van der Waals surface area contributed by atoms with Gasteiger partial charge in [0, 0.05) is 3.57 Å². The van der Waals surface area contributed by atoms with E-state index in [0.717, 1.165) is 8.27 Å². The largest absolute Gasteiger partial charge is 0.465 e. The van der Waals surface area contributed by atoms with Gasteiger partial charge in [0.1, 0.15) is 0 Å². The van der Waals surface area contributed by atoms with E-state index in [9.17, 15) is 9.59 Å². The Hall–Kier alpha value is -1.71. The number of thiazole rings is 1. The summed E-state index contributed by atoms with van der Waals surface area (Å²) in [6.07, 6.45) is 0. The minimum absolute atomic E-state index is 0.328. The number of nitrogens with one attached hydrogen (secondary N) is 1. The second-order valence-corrected chi connectivity index (χ2v) is 7.45. The second kappa shape index (κ2) is 7.04. The van der Waals surface area contributed by atoms with Crippen molar-refractivity contribution in [3.05, 3.63) is 56.1 Å². The maximum Gasteiger partial charge on any atom is 0.337 e. The Morgan fingerprint density at radius 2 is 2.04 bits per heavy atom. The fraction of sp³-hybridized carbons (Fsp3) is 0.0625. The zero-order chi connectivity index (χ0) is 17.3. The summed E-state index contributed by atoms with van der Waals surface area (Å²) in [7, 11) is 1.33. The molecule has 8 heteroatoms. The Morgan fingerprint density at radius 1 is 1.25 bits per heavy atom. The van der Waals surface area contributed by atoms with E-state index in [1.165, 1.54) is 18.4 Å². The Labute approximate surface area is 160 Å². The molecule has 1 amide bonds. The quantitative estimate of drug-likeness (QED) is 0.447. The van der Waals surface area contributed by atoms with Crippen molar-refractivity contribution in [2.24, 2.45) is 0 Å². The number of carbonyl (C=O) groups excluding carboxylic acids is 2. The van der Waals surface area contributed by atoms with Crippen molar-refractivity contribution < 1.29 is 14.3 Å². The third kappa shape index (κ3) is 3.52. The molecule has 0 aliphatic rings. The van der Waals surface area contributed by atoms with Crippen molar-refractivity contribution in [2.75, 3.05) is 12.4 Å². The van der Waals surface area contributed by atoms with Crippen molar-refractivity contribution in [1.82, 2.24) is 4.98 Å². The van der Waals surface area contributed by atoms with Crippen molar-refractivity contribution in [2.45, 2.75) is 0 Å². The lowest BCUT2D eigenvalue weighted by Gasteiger charge is -2.04. The predicted molar refractivity (Wildman–Crippen MR) is 103 cm³/mol. The second-order valence-electron chi connectivity index (χ2n) is 4.77. The number of hydrogen-bond acceptors (Lipinski definition) is 5. The van der Waals surface area contributed by atoms with Gasteiger partial charge in [-0.25, -0.2) is 9.78 Å². The molecule has 0 radical (unpaired) electrons. The number of methoxy groups -OCH3 is 1. The van der Waals surface area contributed by atoms with Crippen LogP contribution in [-0.2, 0) is 4.74 Å². The molecule has 0 atom stereocenters. The number of aromatic nitrogens is 1. The van der Waals surface area contributed by atoms with Gasteiger partial charge in [-0.3, -0.25) is 10.1 Å². The molecule has 0 aliphatic heterocycles.